The average Bonchev–Trinajstić information content (AvgIpc) is 2.57. The summed E-state index contributed by atoms with van der Waals surface area (Å²) in [4.78, 5) is 19.0. The molecule has 0 saturated carbocycles. The van der Waals surface area contributed by atoms with Crippen LogP contribution in [0.2, 0.25) is 0 Å². The Morgan fingerprint density at radius 2 is 2.21 bits per heavy atom. The number of rotatable bonds is 3. The Labute approximate surface area is 85.8 Å². The first-order chi connectivity index (χ1) is 6.60. The summed E-state index contributed by atoms with van der Waals surface area (Å²) in [5, 5.41) is 1.34. The van der Waals surface area contributed by atoms with Crippen LogP contribution in [0.1, 0.15) is 13.3 Å². The molecule has 0 unspecified atom stereocenters. The molecule has 1 rings (SSSR count). The van der Waals surface area contributed by atoms with Crippen molar-refractivity contribution in [3.8, 4) is 0 Å². The zero-order chi connectivity index (χ0) is 10.7. The molecule has 0 aromatic carbocycles. The Kier molecular flexibility index (Phi) is 3.89. The van der Waals surface area contributed by atoms with Crippen molar-refractivity contribution >= 4 is 5.91 Å². The second-order valence-electron chi connectivity index (χ2n) is 4.01. The molecule has 4 nitrogen and oxygen atoms in total. The second-order valence-corrected chi connectivity index (χ2v) is 4.01. The molecular formula is C10H20N2O2. The Bertz CT molecular complexity index is 208. The molecular weight excluding hydrogens is 180 g/mol. The molecule has 2 atom stereocenters. The van der Waals surface area contributed by atoms with Crippen molar-refractivity contribution in [1.82, 2.24) is 9.96 Å². The number of carbonyl (C=O) groups is 1. The SMILES string of the molecule is CC[C@@H]1CN(C)C[C@@H]1C(=O)N(C)OC. The van der Waals surface area contributed by atoms with Gasteiger partial charge in [-0.05, 0) is 13.0 Å². The normalized spacial score (nSPS) is 28.0. The van der Waals surface area contributed by atoms with Gasteiger partial charge in [0.2, 0.25) is 0 Å². The highest BCUT2D eigenvalue weighted by atomic mass is 16.7. The fraction of sp³-hybridized carbons (Fsp3) is 0.900. The Hall–Kier alpha value is -0.610. The van der Waals surface area contributed by atoms with Gasteiger partial charge in [-0.3, -0.25) is 9.63 Å². The lowest BCUT2D eigenvalue weighted by molar-refractivity contribution is -0.174. The maximum Gasteiger partial charge on any atom is 0.250 e. The molecule has 1 amide bonds. The predicted molar refractivity (Wildman–Crippen MR) is 54.5 cm³/mol. The molecule has 1 aliphatic heterocycles. The molecule has 1 fully saturated rings. The molecule has 1 aliphatic rings. The molecule has 4 heteroatoms. The van der Waals surface area contributed by atoms with Gasteiger partial charge in [-0.1, -0.05) is 13.3 Å². The summed E-state index contributed by atoms with van der Waals surface area (Å²) < 4.78 is 0. The van der Waals surface area contributed by atoms with Gasteiger partial charge in [-0.25, -0.2) is 5.06 Å². The topological polar surface area (TPSA) is 32.8 Å². The largest absolute Gasteiger partial charge is 0.305 e. The van der Waals surface area contributed by atoms with E-state index < -0.39 is 0 Å². The lowest BCUT2D eigenvalue weighted by Crippen LogP contribution is -2.35. The molecule has 0 radical (unpaired) electrons. The summed E-state index contributed by atoms with van der Waals surface area (Å²) >= 11 is 0. The minimum absolute atomic E-state index is 0.101. The summed E-state index contributed by atoms with van der Waals surface area (Å²) in [7, 11) is 5.26. The second kappa shape index (κ2) is 4.75. The van der Waals surface area contributed by atoms with E-state index in [1.54, 1.807) is 7.05 Å². The van der Waals surface area contributed by atoms with Crippen LogP contribution in [0, 0.1) is 11.8 Å². The van der Waals surface area contributed by atoms with Crippen LogP contribution >= 0.6 is 0 Å². The monoisotopic (exact) mass is 200 g/mol. The van der Waals surface area contributed by atoms with Crippen molar-refractivity contribution in [3.05, 3.63) is 0 Å². The summed E-state index contributed by atoms with van der Waals surface area (Å²) in [6.45, 7) is 4.01. The minimum atomic E-state index is 0.101. The highest BCUT2D eigenvalue weighted by Gasteiger charge is 2.36. The first-order valence-electron chi connectivity index (χ1n) is 5.10. The van der Waals surface area contributed by atoms with Crippen molar-refractivity contribution < 1.29 is 9.63 Å². The average molecular weight is 200 g/mol. The number of hydrogen-bond donors (Lipinski definition) is 0. The molecule has 0 aliphatic carbocycles. The zero-order valence-corrected chi connectivity index (χ0v) is 9.49. The standard InChI is InChI=1S/C10H20N2O2/c1-5-8-6-11(2)7-9(8)10(13)12(3)14-4/h8-9H,5-7H2,1-4H3/t8-,9+/m1/s1. The molecule has 82 valence electrons. The van der Waals surface area contributed by atoms with Crippen molar-refractivity contribution in [2.24, 2.45) is 11.8 Å². The van der Waals surface area contributed by atoms with Crippen LogP contribution in [-0.4, -0.2) is 50.2 Å². The third-order valence-corrected chi connectivity index (χ3v) is 3.05. The van der Waals surface area contributed by atoms with Gasteiger partial charge in [-0.2, -0.15) is 0 Å². The van der Waals surface area contributed by atoms with Gasteiger partial charge in [0, 0.05) is 20.1 Å². The highest BCUT2D eigenvalue weighted by molar-refractivity contribution is 5.78. The molecule has 0 N–H and O–H groups in total. The Morgan fingerprint density at radius 1 is 1.57 bits per heavy atom. The minimum Gasteiger partial charge on any atom is -0.305 e. The van der Waals surface area contributed by atoms with E-state index in [9.17, 15) is 4.79 Å². The first-order valence-corrected chi connectivity index (χ1v) is 5.10. The van der Waals surface area contributed by atoms with Crippen molar-refractivity contribution in [2.75, 3.05) is 34.3 Å². The Morgan fingerprint density at radius 3 is 2.71 bits per heavy atom. The highest BCUT2D eigenvalue weighted by Crippen LogP contribution is 2.26. The van der Waals surface area contributed by atoms with Gasteiger partial charge in [0.05, 0.1) is 13.0 Å². The van der Waals surface area contributed by atoms with E-state index in [1.807, 2.05) is 0 Å². The molecule has 1 saturated heterocycles. The van der Waals surface area contributed by atoms with Crippen molar-refractivity contribution in [2.45, 2.75) is 13.3 Å². The third-order valence-electron chi connectivity index (χ3n) is 3.05. The molecule has 0 bridgehead atoms. The maximum absolute atomic E-state index is 11.9. The molecule has 0 aromatic heterocycles. The summed E-state index contributed by atoms with van der Waals surface area (Å²) in [5.41, 5.74) is 0. The van der Waals surface area contributed by atoms with E-state index in [2.05, 4.69) is 18.9 Å². The van der Waals surface area contributed by atoms with E-state index in [4.69, 9.17) is 4.84 Å². The van der Waals surface area contributed by atoms with Crippen LogP contribution in [0.25, 0.3) is 0 Å². The van der Waals surface area contributed by atoms with Crippen molar-refractivity contribution in [3.63, 3.8) is 0 Å². The van der Waals surface area contributed by atoms with Crippen LogP contribution in [0.5, 0.6) is 0 Å². The van der Waals surface area contributed by atoms with Gasteiger partial charge in [0.1, 0.15) is 0 Å². The third kappa shape index (κ3) is 2.25. The number of carbonyl (C=O) groups excluding carboxylic acids is 1. The molecule has 14 heavy (non-hydrogen) atoms. The summed E-state index contributed by atoms with van der Waals surface area (Å²) in [6, 6.07) is 0. The number of hydrogen-bond acceptors (Lipinski definition) is 3. The molecule has 1 heterocycles. The number of likely N-dealkylation sites (tertiary alicyclic amines) is 1. The quantitative estimate of drug-likeness (QED) is 0.625. The van der Waals surface area contributed by atoms with Gasteiger partial charge < -0.3 is 4.90 Å². The number of amides is 1. The zero-order valence-electron chi connectivity index (χ0n) is 9.49. The lowest BCUT2D eigenvalue weighted by atomic mass is 9.93. The van der Waals surface area contributed by atoms with E-state index in [0.717, 1.165) is 19.5 Å². The molecule has 0 spiro atoms. The van der Waals surface area contributed by atoms with E-state index >= 15 is 0 Å². The van der Waals surface area contributed by atoms with Crippen LogP contribution in [0.15, 0.2) is 0 Å². The van der Waals surface area contributed by atoms with Crippen molar-refractivity contribution in [1.29, 1.82) is 0 Å². The first kappa shape index (κ1) is 11.5. The predicted octanol–water partition coefficient (Wildman–Crippen LogP) is 0.594. The van der Waals surface area contributed by atoms with Crippen LogP contribution < -0.4 is 0 Å². The summed E-state index contributed by atoms with van der Waals surface area (Å²) in [5.74, 6) is 0.684. The van der Waals surface area contributed by atoms with Gasteiger partial charge in [0.15, 0.2) is 0 Å². The number of nitrogens with zero attached hydrogens (tertiary/aromatic N) is 2. The smallest absolute Gasteiger partial charge is 0.250 e. The maximum atomic E-state index is 11.9. The van der Waals surface area contributed by atoms with E-state index in [0.29, 0.717) is 5.92 Å². The number of hydroxylamine groups is 2. The van der Waals surface area contributed by atoms with Gasteiger partial charge in [-0.15, -0.1) is 0 Å². The Balaban J connectivity index is 2.62. The lowest BCUT2D eigenvalue weighted by Gasteiger charge is -2.21. The fourth-order valence-electron chi connectivity index (χ4n) is 2.10. The van der Waals surface area contributed by atoms with Crippen LogP contribution in [0.3, 0.4) is 0 Å². The van der Waals surface area contributed by atoms with Gasteiger partial charge in [0.25, 0.3) is 5.91 Å². The van der Waals surface area contributed by atoms with Gasteiger partial charge >= 0.3 is 0 Å². The van der Waals surface area contributed by atoms with Crippen LogP contribution in [0.4, 0.5) is 0 Å². The fourth-order valence-corrected chi connectivity index (χ4v) is 2.10. The van der Waals surface area contributed by atoms with E-state index in [-0.39, 0.29) is 11.8 Å². The molecule has 0 aromatic rings. The summed E-state index contributed by atoms with van der Waals surface area (Å²) in [6.07, 6.45) is 1.05. The van der Waals surface area contributed by atoms with Crippen LogP contribution in [-0.2, 0) is 9.63 Å². The van der Waals surface area contributed by atoms with E-state index in [1.165, 1.54) is 12.2 Å².